The van der Waals surface area contributed by atoms with E-state index in [9.17, 15) is 32.3 Å². The van der Waals surface area contributed by atoms with Gasteiger partial charge in [-0.05, 0) is 42.8 Å². The number of rotatable bonds is 5. The van der Waals surface area contributed by atoms with Gasteiger partial charge in [0.15, 0.2) is 17.9 Å². The Kier molecular flexibility index (Phi) is 6.21. The highest BCUT2D eigenvalue weighted by Crippen LogP contribution is 2.24. The quantitative estimate of drug-likeness (QED) is 0.337. The zero-order chi connectivity index (χ0) is 24.6. The van der Waals surface area contributed by atoms with Crippen molar-refractivity contribution in [3.05, 3.63) is 117 Å². The molecule has 0 aliphatic heterocycles. The first kappa shape index (κ1) is 23.2. The number of pyridine rings is 1. The third kappa shape index (κ3) is 4.29. The molecule has 0 aliphatic rings. The van der Waals surface area contributed by atoms with Crippen LogP contribution in [0.3, 0.4) is 0 Å². The molecule has 2 N–H and O–H groups in total. The number of aromatic nitrogens is 1. The Bertz CT molecular complexity index is 1480. The number of aliphatic hydroxyl groups is 1. The monoisotopic (exact) mass is 470 g/mol. The number of hydrogen-bond acceptors (Lipinski definition) is 3. The number of carbonyl (C=O) groups excluding carboxylic acids is 1. The van der Waals surface area contributed by atoms with Crippen LogP contribution < -0.4 is 10.9 Å². The van der Waals surface area contributed by atoms with E-state index < -0.39 is 41.0 Å². The van der Waals surface area contributed by atoms with E-state index in [0.717, 1.165) is 28.8 Å². The molecule has 1 heterocycles. The van der Waals surface area contributed by atoms with Crippen LogP contribution in [0.15, 0.2) is 65.5 Å². The Morgan fingerprint density at radius 2 is 1.71 bits per heavy atom. The van der Waals surface area contributed by atoms with Crippen molar-refractivity contribution in [2.45, 2.75) is 19.7 Å². The number of aliphatic hydroxyl groups excluding tert-OH is 1. The van der Waals surface area contributed by atoms with Crippen molar-refractivity contribution in [1.29, 1.82) is 0 Å². The molecule has 0 fully saturated rings. The summed E-state index contributed by atoms with van der Waals surface area (Å²) < 4.78 is 56.3. The minimum atomic E-state index is -1.59. The largest absolute Gasteiger partial charge is 0.369 e. The van der Waals surface area contributed by atoms with Gasteiger partial charge in [0, 0.05) is 16.6 Å². The van der Waals surface area contributed by atoms with Gasteiger partial charge >= 0.3 is 0 Å². The number of nitrogens with one attached hydrogen (secondary N) is 1. The Morgan fingerprint density at radius 3 is 2.41 bits per heavy atom. The molecule has 0 saturated carbocycles. The molecule has 1 aromatic heterocycles. The van der Waals surface area contributed by atoms with Crippen LogP contribution in [0.5, 0.6) is 0 Å². The minimum Gasteiger partial charge on any atom is -0.369 e. The molecule has 4 aromatic rings. The predicted molar refractivity (Wildman–Crippen MR) is 117 cm³/mol. The van der Waals surface area contributed by atoms with E-state index in [4.69, 9.17) is 0 Å². The topological polar surface area (TPSA) is 71.3 Å². The summed E-state index contributed by atoms with van der Waals surface area (Å²) in [5.41, 5.74) is -0.469. The first-order chi connectivity index (χ1) is 16.2. The molecule has 1 amide bonds. The van der Waals surface area contributed by atoms with Crippen molar-refractivity contribution in [3.8, 4) is 0 Å². The molecule has 4 rings (SSSR count). The summed E-state index contributed by atoms with van der Waals surface area (Å²) in [5, 5.41) is 12.3. The van der Waals surface area contributed by atoms with Gasteiger partial charge in [0.1, 0.15) is 11.6 Å². The first-order valence-electron chi connectivity index (χ1n) is 10.2. The van der Waals surface area contributed by atoms with Crippen LogP contribution in [0, 0.1) is 30.2 Å². The third-order valence-corrected chi connectivity index (χ3v) is 5.49. The van der Waals surface area contributed by atoms with Crippen molar-refractivity contribution >= 4 is 16.7 Å². The third-order valence-electron chi connectivity index (χ3n) is 5.49. The maximum atomic E-state index is 14.7. The van der Waals surface area contributed by atoms with Gasteiger partial charge in [-0.25, -0.2) is 17.6 Å². The Morgan fingerprint density at radius 1 is 0.971 bits per heavy atom. The number of fused-ring (bicyclic) bond motifs is 1. The minimum absolute atomic E-state index is 0.00739. The van der Waals surface area contributed by atoms with Gasteiger partial charge in [0.05, 0.1) is 17.5 Å². The van der Waals surface area contributed by atoms with Crippen molar-refractivity contribution < 1.29 is 27.5 Å². The zero-order valence-corrected chi connectivity index (χ0v) is 17.8. The summed E-state index contributed by atoms with van der Waals surface area (Å²) in [6.45, 7) is 1.17. The number of amides is 1. The van der Waals surface area contributed by atoms with Gasteiger partial charge < -0.3 is 15.0 Å². The van der Waals surface area contributed by atoms with Crippen LogP contribution >= 0.6 is 0 Å². The Labute approximate surface area is 190 Å². The summed E-state index contributed by atoms with van der Waals surface area (Å²) in [6, 6.07) is 11.8. The molecule has 34 heavy (non-hydrogen) atoms. The predicted octanol–water partition coefficient (Wildman–Crippen LogP) is 4.34. The molecule has 3 aromatic carbocycles. The van der Waals surface area contributed by atoms with Crippen LogP contribution in [0.2, 0.25) is 0 Å². The standard InChI is InChI=1S/C25H18F4N2O3/c1-13-21(24(33)30-23(32)15-4-2-5-16(26)11-15)17-6-3-7-19(28)22(17)25(34)31(13)12-14-8-9-18(27)20(29)10-14/h2-11,23,32H,12H2,1H3,(H,30,33)/t23-/m0/s1. The lowest BCUT2D eigenvalue weighted by Crippen LogP contribution is -2.33. The van der Waals surface area contributed by atoms with E-state index in [0.29, 0.717) is 0 Å². The molecular formula is C25H18F4N2O3. The fraction of sp³-hybridized carbons (Fsp3) is 0.120. The Balaban J connectivity index is 1.83. The second-order valence-corrected chi connectivity index (χ2v) is 7.69. The Hall–Kier alpha value is -3.98. The van der Waals surface area contributed by atoms with Crippen LogP contribution in [-0.2, 0) is 6.54 Å². The van der Waals surface area contributed by atoms with E-state index in [1.165, 1.54) is 43.3 Å². The van der Waals surface area contributed by atoms with Crippen LogP contribution in [0.25, 0.3) is 10.8 Å². The molecule has 0 spiro atoms. The smallest absolute Gasteiger partial charge is 0.261 e. The molecule has 0 bridgehead atoms. The lowest BCUT2D eigenvalue weighted by atomic mass is 10.0. The lowest BCUT2D eigenvalue weighted by molar-refractivity contribution is 0.0783. The van der Waals surface area contributed by atoms with Gasteiger partial charge in [0.2, 0.25) is 0 Å². The molecule has 9 heteroatoms. The average molecular weight is 470 g/mol. The number of carbonyl (C=O) groups is 1. The number of hydrogen-bond donors (Lipinski definition) is 2. The summed E-state index contributed by atoms with van der Waals surface area (Å²) in [6.07, 6.45) is -1.59. The summed E-state index contributed by atoms with van der Waals surface area (Å²) in [7, 11) is 0. The van der Waals surface area contributed by atoms with Gasteiger partial charge in [-0.1, -0.05) is 30.3 Å². The van der Waals surface area contributed by atoms with E-state index >= 15 is 0 Å². The van der Waals surface area contributed by atoms with E-state index in [1.54, 1.807) is 0 Å². The molecule has 174 valence electrons. The van der Waals surface area contributed by atoms with Crippen LogP contribution in [-0.4, -0.2) is 15.6 Å². The molecular weight excluding hydrogens is 452 g/mol. The molecule has 0 unspecified atom stereocenters. The summed E-state index contributed by atoms with van der Waals surface area (Å²) in [5.74, 6) is -4.52. The van der Waals surface area contributed by atoms with Gasteiger partial charge in [-0.15, -0.1) is 0 Å². The fourth-order valence-corrected chi connectivity index (χ4v) is 3.82. The van der Waals surface area contributed by atoms with Crippen molar-refractivity contribution in [3.63, 3.8) is 0 Å². The van der Waals surface area contributed by atoms with E-state index in [2.05, 4.69) is 5.32 Å². The molecule has 0 radical (unpaired) electrons. The summed E-state index contributed by atoms with van der Waals surface area (Å²) >= 11 is 0. The van der Waals surface area contributed by atoms with Crippen LogP contribution in [0.1, 0.15) is 33.4 Å². The number of nitrogens with zero attached hydrogens (tertiary/aromatic N) is 1. The highest BCUT2D eigenvalue weighted by Gasteiger charge is 2.23. The van der Waals surface area contributed by atoms with Crippen molar-refractivity contribution in [2.75, 3.05) is 0 Å². The molecule has 5 nitrogen and oxygen atoms in total. The van der Waals surface area contributed by atoms with Crippen molar-refractivity contribution in [1.82, 2.24) is 9.88 Å². The maximum Gasteiger partial charge on any atom is 0.261 e. The highest BCUT2D eigenvalue weighted by atomic mass is 19.2. The fourth-order valence-electron chi connectivity index (χ4n) is 3.82. The second-order valence-electron chi connectivity index (χ2n) is 7.69. The zero-order valence-electron chi connectivity index (χ0n) is 17.8. The SMILES string of the molecule is Cc1c(C(=O)N[C@@H](O)c2cccc(F)c2)c2cccc(F)c2c(=O)n1Cc1ccc(F)c(F)c1. The van der Waals surface area contributed by atoms with Gasteiger partial charge in [-0.2, -0.15) is 0 Å². The van der Waals surface area contributed by atoms with E-state index in [-0.39, 0.29) is 39.7 Å². The second kappa shape index (κ2) is 9.11. The lowest BCUT2D eigenvalue weighted by Gasteiger charge is -2.19. The molecule has 0 saturated heterocycles. The maximum absolute atomic E-state index is 14.7. The van der Waals surface area contributed by atoms with Gasteiger partial charge in [0.25, 0.3) is 11.5 Å². The first-order valence-corrected chi connectivity index (χ1v) is 10.2. The highest BCUT2D eigenvalue weighted by molar-refractivity contribution is 6.08. The normalized spacial score (nSPS) is 12.1. The van der Waals surface area contributed by atoms with Gasteiger partial charge in [-0.3, -0.25) is 9.59 Å². The number of halogens is 4. The van der Waals surface area contributed by atoms with Crippen LogP contribution in [0.4, 0.5) is 17.6 Å². The summed E-state index contributed by atoms with van der Waals surface area (Å²) in [4.78, 5) is 26.3. The van der Waals surface area contributed by atoms with E-state index in [1.807, 2.05) is 0 Å². The average Bonchev–Trinajstić information content (AvgIpc) is 2.79. The molecule has 1 atom stereocenters. The molecule has 0 aliphatic carbocycles. The van der Waals surface area contributed by atoms with Crippen molar-refractivity contribution in [2.24, 2.45) is 0 Å². The number of benzene rings is 3.